The minimum absolute atomic E-state index is 0.540. The second kappa shape index (κ2) is 3.58. The molecule has 4 heteroatoms. The summed E-state index contributed by atoms with van der Waals surface area (Å²) in [4.78, 5) is 17.5. The summed E-state index contributed by atoms with van der Waals surface area (Å²) < 4.78 is 0. The van der Waals surface area contributed by atoms with Crippen LogP contribution in [0.1, 0.15) is 6.92 Å². The van der Waals surface area contributed by atoms with E-state index in [9.17, 15) is 4.79 Å². The van der Waals surface area contributed by atoms with Crippen molar-refractivity contribution < 1.29 is 19.6 Å². The summed E-state index contributed by atoms with van der Waals surface area (Å²) in [5, 5.41) is 3.75. The van der Waals surface area contributed by atoms with Crippen molar-refractivity contribution in [2.45, 2.75) is 6.92 Å². The maximum atomic E-state index is 9.78. The van der Waals surface area contributed by atoms with E-state index in [1.165, 1.54) is 14.0 Å². The molecule has 0 bridgehead atoms. The zero-order chi connectivity index (χ0) is 5.70. The largest absolute Gasteiger partial charge is 0.342 e. The van der Waals surface area contributed by atoms with Crippen molar-refractivity contribution in [3.8, 4) is 0 Å². The second-order valence-electron chi connectivity index (χ2n) is 0.810. The molecule has 0 aromatic heterocycles. The fourth-order valence-electron chi connectivity index (χ4n) is 0.0819. The minimum atomic E-state index is -0.540. The Morgan fingerprint density at radius 2 is 2.14 bits per heavy atom. The first kappa shape index (κ1) is 6.39. The Bertz CT molecular complexity index is 60.0. The van der Waals surface area contributed by atoms with Gasteiger partial charge in [-0.15, -0.1) is 0 Å². The number of hydrogen-bond donors (Lipinski definition) is 0. The molecule has 0 heterocycles. The fourth-order valence-corrected chi connectivity index (χ4v) is 0.0819. The number of hydrogen-bond acceptors (Lipinski definition) is 4. The van der Waals surface area contributed by atoms with Gasteiger partial charge >= 0.3 is 5.97 Å². The molecular weight excluding hydrogens is 100 g/mol. The quantitative estimate of drug-likeness (QED) is 0.368. The van der Waals surface area contributed by atoms with Gasteiger partial charge in [0, 0.05) is 6.92 Å². The highest BCUT2D eigenvalue weighted by Gasteiger charge is 1.88. The van der Waals surface area contributed by atoms with E-state index in [-0.39, 0.29) is 0 Å². The van der Waals surface area contributed by atoms with E-state index in [0.717, 1.165) is 0 Å². The molecule has 0 spiro atoms. The van der Waals surface area contributed by atoms with E-state index in [1.807, 2.05) is 0 Å². The first-order chi connectivity index (χ1) is 3.27. The van der Waals surface area contributed by atoms with Crippen LogP contribution in [-0.2, 0) is 19.6 Å². The van der Waals surface area contributed by atoms with Crippen molar-refractivity contribution in [1.29, 1.82) is 0 Å². The summed E-state index contributed by atoms with van der Waals surface area (Å²) in [6.45, 7) is 1.21. The number of carbonyl (C=O) groups excluding carboxylic acids is 1. The summed E-state index contributed by atoms with van der Waals surface area (Å²) in [7, 11) is 1.24. The van der Waals surface area contributed by atoms with Gasteiger partial charge in [-0.05, 0) is 5.04 Å². The van der Waals surface area contributed by atoms with Crippen LogP contribution in [0.2, 0.25) is 0 Å². The molecule has 42 valence electrons. The van der Waals surface area contributed by atoms with Gasteiger partial charge in [0.25, 0.3) is 0 Å². The minimum Gasteiger partial charge on any atom is -0.269 e. The molecule has 0 saturated heterocycles. The van der Waals surface area contributed by atoms with E-state index in [0.29, 0.717) is 0 Å². The lowest BCUT2D eigenvalue weighted by Crippen LogP contribution is -1.98. The van der Waals surface area contributed by atoms with Gasteiger partial charge in [-0.2, -0.15) is 4.89 Å². The predicted molar refractivity (Wildman–Crippen MR) is 19.9 cm³/mol. The lowest BCUT2D eigenvalue weighted by Gasteiger charge is -1.91. The maximum Gasteiger partial charge on any atom is 0.342 e. The Morgan fingerprint density at radius 3 is 2.29 bits per heavy atom. The summed E-state index contributed by atoms with van der Waals surface area (Å²) in [5.41, 5.74) is 0. The zero-order valence-corrected chi connectivity index (χ0v) is 4.13. The molecule has 0 aliphatic rings. The van der Waals surface area contributed by atoms with E-state index >= 15 is 0 Å². The third kappa shape index (κ3) is 5.39. The monoisotopic (exact) mass is 106 g/mol. The molecule has 0 saturated carbocycles. The van der Waals surface area contributed by atoms with E-state index in [2.05, 4.69) is 14.8 Å². The van der Waals surface area contributed by atoms with Crippen LogP contribution in [-0.4, -0.2) is 13.1 Å². The predicted octanol–water partition coefficient (Wildman–Crippen LogP) is 0.0425. The summed E-state index contributed by atoms with van der Waals surface area (Å²) in [5.74, 6) is -0.540. The third-order valence-corrected chi connectivity index (χ3v) is 0.219. The molecule has 0 unspecified atom stereocenters. The molecule has 0 N–H and O–H groups in total. The molecule has 0 atom stereocenters. The smallest absolute Gasteiger partial charge is 0.269 e. The van der Waals surface area contributed by atoms with Crippen LogP contribution in [0, 0.1) is 0 Å². The van der Waals surface area contributed by atoms with Crippen LogP contribution in [0.5, 0.6) is 0 Å². The average molecular weight is 106 g/mol. The van der Waals surface area contributed by atoms with Gasteiger partial charge in [-0.25, -0.2) is 4.79 Å². The van der Waals surface area contributed by atoms with Crippen molar-refractivity contribution in [3.05, 3.63) is 0 Å². The molecule has 0 aromatic carbocycles. The van der Waals surface area contributed by atoms with Gasteiger partial charge in [0.05, 0.1) is 7.11 Å². The highest BCUT2D eigenvalue weighted by Crippen LogP contribution is 1.75. The zero-order valence-electron chi connectivity index (χ0n) is 4.13. The van der Waals surface area contributed by atoms with Gasteiger partial charge < -0.3 is 0 Å². The molecule has 0 aromatic rings. The van der Waals surface area contributed by atoms with Crippen molar-refractivity contribution in [3.63, 3.8) is 0 Å². The van der Waals surface area contributed by atoms with E-state index in [1.54, 1.807) is 0 Å². The van der Waals surface area contributed by atoms with Crippen LogP contribution in [0.15, 0.2) is 0 Å². The van der Waals surface area contributed by atoms with Crippen molar-refractivity contribution in [1.82, 2.24) is 0 Å². The van der Waals surface area contributed by atoms with Crippen molar-refractivity contribution in [2.24, 2.45) is 0 Å². The normalized spacial score (nSPS) is 8.29. The first-order valence-corrected chi connectivity index (χ1v) is 1.65. The van der Waals surface area contributed by atoms with Crippen LogP contribution in [0.25, 0.3) is 0 Å². The topological polar surface area (TPSA) is 44.8 Å². The van der Waals surface area contributed by atoms with Gasteiger partial charge in [0.1, 0.15) is 0 Å². The molecule has 0 amide bonds. The Balaban J connectivity index is 2.82. The summed E-state index contributed by atoms with van der Waals surface area (Å²) >= 11 is 0. The Labute approximate surface area is 40.8 Å². The molecule has 0 rings (SSSR count). The number of rotatable bonds is 2. The van der Waals surface area contributed by atoms with Gasteiger partial charge in [0.2, 0.25) is 0 Å². The van der Waals surface area contributed by atoms with E-state index < -0.39 is 5.97 Å². The van der Waals surface area contributed by atoms with Crippen LogP contribution >= 0.6 is 0 Å². The molecule has 0 aliphatic heterocycles. The van der Waals surface area contributed by atoms with Crippen LogP contribution in [0.4, 0.5) is 0 Å². The molecule has 0 fully saturated rings. The Kier molecular flexibility index (Phi) is 3.26. The lowest BCUT2D eigenvalue weighted by atomic mass is 10.9. The van der Waals surface area contributed by atoms with Crippen molar-refractivity contribution >= 4 is 5.97 Å². The fraction of sp³-hybridized carbons (Fsp3) is 0.667. The maximum absolute atomic E-state index is 9.78. The second-order valence-corrected chi connectivity index (χ2v) is 0.810. The molecule has 0 radical (unpaired) electrons. The third-order valence-electron chi connectivity index (χ3n) is 0.219. The summed E-state index contributed by atoms with van der Waals surface area (Å²) in [6, 6.07) is 0. The number of carbonyl (C=O) groups is 1. The van der Waals surface area contributed by atoms with Gasteiger partial charge in [0.15, 0.2) is 0 Å². The molecular formula is C3H6O4. The van der Waals surface area contributed by atoms with E-state index in [4.69, 9.17) is 0 Å². The lowest BCUT2D eigenvalue weighted by molar-refractivity contribution is -0.474. The SMILES string of the molecule is COOOC(C)=O. The standard InChI is InChI=1S/C3H6O4/c1-3(4)6-7-5-2/h1-2H3. The Hall–Kier alpha value is -0.610. The van der Waals surface area contributed by atoms with Gasteiger partial charge in [-0.1, -0.05) is 0 Å². The molecule has 7 heavy (non-hydrogen) atoms. The van der Waals surface area contributed by atoms with Crippen LogP contribution in [0.3, 0.4) is 0 Å². The highest BCUT2D eigenvalue weighted by atomic mass is 17.5. The molecule has 0 aliphatic carbocycles. The Morgan fingerprint density at radius 1 is 1.57 bits per heavy atom. The molecule has 4 nitrogen and oxygen atoms in total. The summed E-state index contributed by atoms with van der Waals surface area (Å²) in [6.07, 6.45) is 0. The van der Waals surface area contributed by atoms with Crippen molar-refractivity contribution in [2.75, 3.05) is 7.11 Å². The average Bonchev–Trinajstić information content (AvgIpc) is 1.61. The highest BCUT2D eigenvalue weighted by molar-refractivity contribution is 5.65. The van der Waals surface area contributed by atoms with Crippen LogP contribution < -0.4 is 0 Å². The first-order valence-electron chi connectivity index (χ1n) is 1.65. The van der Waals surface area contributed by atoms with Gasteiger partial charge in [-0.3, -0.25) is 4.89 Å².